The number of fused-ring (bicyclic) bond motifs is 1. The molecule has 1 aromatic heterocycles. The van der Waals surface area contributed by atoms with Crippen molar-refractivity contribution in [2.75, 3.05) is 26.2 Å². The van der Waals surface area contributed by atoms with Gasteiger partial charge >= 0.3 is 0 Å². The van der Waals surface area contributed by atoms with Crippen molar-refractivity contribution in [3.8, 4) is 0 Å². The quantitative estimate of drug-likeness (QED) is 0.804. The number of nitrogens with zero attached hydrogens (tertiary/aromatic N) is 3. The second-order valence-corrected chi connectivity index (χ2v) is 7.63. The first-order valence-corrected chi connectivity index (χ1v) is 9.73. The summed E-state index contributed by atoms with van der Waals surface area (Å²) in [5.41, 5.74) is 3.48. The summed E-state index contributed by atoms with van der Waals surface area (Å²) in [6, 6.07) is 9.26. The molecule has 2 aliphatic heterocycles. The van der Waals surface area contributed by atoms with Crippen LogP contribution in [0.25, 0.3) is 0 Å². The molecule has 0 unspecified atom stereocenters. The van der Waals surface area contributed by atoms with Gasteiger partial charge in [-0.25, -0.2) is 0 Å². The smallest absolute Gasteiger partial charge is 0.254 e. The summed E-state index contributed by atoms with van der Waals surface area (Å²) in [6.07, 6.45) is 3.96. The van der Waals surface area contributed by atoms with Crippen molar-refractivity contribution >= 4 is 11.8 Å². The highest BCUT2D eigenvalue weighted by Gasteiger charge is 2.40. The number of pyridine rings is 1. The van der Waals surface area contributed by atoms with Gasteiger partial charge in [0.25, 0.3) is 11.8 Å². The van der Waals surface area contributed by atoms with E-state index in [0.717, 1.165) is 17.5 Å². The predicted molar refractivity (Wildman–Crippen MR) is 105 cm³/mol. The third-order valence-electron chi connectivity index (χ3n) is 5.53. The third-order valence-corrected chi connectivity index (χ3v) is 5.53. The van der Waals surface area contributed by atoms with Crippen molar-refractivity contribution in [3.05, 3.63) is 65.0 Å². The van der Waals surface area contributed by atoms with Gasteiger partial charge in [0.05, 0.1) is 18.8 Å². The van der Waals surface area contributed by atoms with Crippen LogP contribution in [0, 0.1) is 13.8 Å². The van der Waals surface area contributed by atoms with Gasteiger partial charge in [-0.05, 0) is 44.5 Å². The van der Waals surface area contributed by atoms with Crippen LogP contribution < -0.4 is 0 Å². The van der Waals surface area contributed by atoms with E-state index >= 15 is 0 Å². The highest BCUT2D eigenvalue weighted by atomic mass is 16.5. The van der Waals surface area contributed by atoms with Gasteiger partial charge < -0.3 is 14.5 Å². The Bertz CT molecular complexity index is 864. The first kappa shape index (κ1) is 18.6. The Balaban J connectivity index is 1.56. The number of rotatable bonds is 2. The molecule has 2 aromatic rings. The lowest BCUT2D eigenvalue weighted by atomic mass is 9.96. The van der Waals surface area contributed by atoms with Gasteiger partial charge in [0.1, 0.15) is 0 Å². The van der Waals surface area contributed by atoms with Crippen molar-refractivity contribution in [1.82, 2.24) is 14.8 Å². The van der Waals surface area contributed by atoms with Crippen molar-refractivity contribution in [3.63, 3.8) is 0 Å². The van der Waals surface area contributed by atoms with E-state index in [-0.39, 0.29) is 24.0 Å². The monoisotopic (exact) mass is 379 g/mol. The topological polar surface area (TPSA) is 62.7 Å². The summed E-state index contributed by atoms with van der Waals surface area (Å²) in [4.78, 5) is 33.8. The van der Waals surface area contributed by atoms with Gasteiger partial charge in [0.2, 0.25) is 0 Å². The lowest BCUT2D eigenvalue weighted by molar-refractivity contribution is -0.0854. The fourth-order valence-electron chi connectivity index (χ4n) is 4.25. The summed E-state index contributed by atoms with van der Waals surface area (Å²) in [5.74, 6) is -0.00599. The molecular weight excluding hydrogens is 354 g/mol. The molecule has 3 heterocycles. The molecule has 146 valence electrons. The van der Waals surface area contributed by atoms with E-state index in [1.807, 2.05) is 35.8 Å². The molecule has 28 heavy (non-hydrogen) atoms. The van der Waals surface area contributed by atoms with Crippen molar-refractivity contribution in [1.29, 1.82) is 0 Å². The average molecular weight is 379 g/mol. The number of likely N-dealkylation sites (tertiary alicyclic amines) is 1. The molecule has 0 bridgehead atoms. The second-order valence-electron chi connectivity index (χ2n) is 7.63. The van der Waals surface area contributed by atoms with Crippen LogP contribution in [-0.4, -0.2) is 65.0 Å². The summed E-state index contributed by atoms with van der Waals surface area (Å²) in [5, 5.41) is 0. The molecule has 2 saturated heterocycles. The highest BCUT2D eigenvalue weighted by molar-refractivity contribution is 5.96. The van der Waals surface area contributed by atoms with Crippen LogP contribution in [0.1, 0.15) is 38.3 Å². The maximum Gasteiger partial charge on any atom is 0.254 e. The van der Waals surface area contributed by atoms with Crippen LogP contribution in [0.5, 0.6) is 0 Å². The molecular formula is C22H25N3O3. The van der Waals surface area contributed by atoms with Gasteiger partial charge in [-0.2, -0.15) is 0 Å². The molecule has 2 amide bonds. The number of aromatic nitrogens is 1. The van der Waals surface area contributed by atoms with E-state index in [9.17, 15) is 9.59 Å². The predicted octanol–water partition coefficient (Wildman–Crippen LogP) is 2.45. The maximum atomic E-state index is 13.3. The van der Waals surface area contributed by atoms with Crippen molar-refractivity contribution in [2.45, 2.75) is 32.4 Å². The number of hydrogen-bond donors (Lipinski definition) is 0. The first-order chi connectivity index (χ1) is 13.5. The highest BCUT2D eigenvalue weighted by Crippen LogP contribution is 2.26. The van der Waals surface area contributed by atoms with Crippen LogP contribution in [0.4, 0.5) is 0 Å². The molecule has 0 aliphatic carbocycles. The van der Waals surface area contributed by atoms with Gasteiger partial charge in [0.15, 0.2) is 0 Å². The molecule has 0 spiro atoms. The molecule has 0 radical (unpaired) electrons. The number of amides is 2. The average Bonchev–Trinajstić information content (AvgIpc) is 2.72. The Hall–Kier alpha value is -2.73. The van der Waals surface area contributed by atoms with Gasteiger partial charge in [-0.1, -0.05) is 17.2 Å². The van der Waals surface area contributed by atoms with Gasteiger partial charge in [-0.15, -0.1) is 0 Å². The lowest BCUT2D eigenvalue weighted by Gasteiger charge is -2.47. The minimum Gasteiger partial charge on any atom is -0.374 e. The lowest BCUT2D eigenvalue weighted by Crippen LogP contribution is -2.62. The zero-order valence-electron chi connectivity index (χ0n) is 16.3. The largest absolute Gasteiger partial charge is 0.374 e. The minimum absolute atomic E-state index is 0.0170. The summed E-state index contributed by atoms with van der Waals surface area (Å²) in [7, 11) is 0. The summed E-state index contributed by atoms with van der Waals surface area (Å²) >= 11 is 0. The Morgan fingerprint density at radius 3 is 2.43 bits per heavy atom. The standard InChI is InChI=1S/C22H25N3O3/c1-15-11-16(2)13-18(12-15)22(27)25-9-10-28-20-5-8-24(14-19(20)25)21(26)17-3-6-23-7-4-17/h3-4,6-7,11-13,19-20H,5,8-10,14H2,1-2H3/t19-,20-/m0/s1. The van der Waals surface area contributed by atoms with Crippen molar-refractivity contribution in [2.24, 2.45) is 0 Å². The maximum absolute atomic E-state index is 13.3. The van der Waals surface area contributed by atoms with Crippen LogP contribution in [0.15, 0.2) is 42.7 Å². The van der Waals surface area contributed by atoms with E-state index in [2.05, 4.69) is 11.1 Å². The number of benzene rings is 1. The summed E-state index contributed by atoms with van der Waals surface area (Å²) < 4.78 is 5.94. The normalized spacial score (nSPS) is 21.9. The van der Waals surface area contributed by atoms with E-state index in [4.69, 9.17) is 4.74 Å². The first-order valence-electron chi connectivity index (χ1n) is 9.73. The number of carbonyl (C=O) groups is 2. The molecule has 0 saturated carbocycles. The molecule has 4 rings (SSSR count). The number of hydrogen-bond acceptors (Lipinski definition) is 4. The van der Waals surface area contributed by atoms with Crippen LogP contribution in [0.3, 0.4) is 0 Å². The molecule has 0 N–H and O–H groups in total. The molecule has 6 heteroatoms. The Morgan fingerprint density at radius 1 is 1.00 bits per heavy atom. The molecule has 1 aromatic carbocycles. The molecule has 2 aliphatic rings. The van der Waals surface area contributed by atoms with E-state index in [1.165, 1.54) is 0 Å². The molecule has 2 atom stereocenters. The van der Waals surface area contributed by atoms with E-state index < -0.39 is 0 Å². The van der Waals surface area contributed by atoms with Crippen LogP contribution in [0.2, 0.25) is 0 Å². The number of piperidine rings is 1. The Kier molecular flexibility index (Phi) is 5.13. The second kappa shape index (κ2) is 7.72. The number of ether oxygens (including phenoxy) is 1. The van der Waals surface area contributed by atoms with Crippen LogP contribution >= 0.6 is 0 Å². The number of morpholine rings is 1. The van der Waals surface area contributed by atoms with Gasteiger partial charge in [0, 0.05) is 43.2 Å². The van der Waals surface area contributed by atoms with Crippen LogP contribution in [-0.2, 0) is 4.74 Å². The zero-order chi connectivity index (χ0) is 19.7. The minimum atomic E-state index is -0.124. The third kappa shape index (κ3) is 3.64. The van der Waals surface area contributed by atoms with Gasteiger partial charge in [-0.3, -0.25) is 14.6 Å². The molecule has 6 nitrogen and oxygen atoms in total. The number of carbonyl (C=O) groups excluding carboxylic acids is 2. The number of aryl methyl sites for hydroxylation is 2. The Morgan fingerprint density at radius 2 is 1.71 bits per heavy atom. The van der Waals surface area contributed by atoms with E-state index in [0.29, 0.717) is 37.4 Å². The SMILES string of the molecule is Cc1cc(C)cc(C(=O)N2CCO[C@H]3CCN(C(=O)c4ccncc4)C[C@@H]32)c1. The fraction of sp³-hybridized carbons (Fsp3) is 0.409. The summed E-state index contributed by atoms with van der Waals surface area (Å²) in [6.45, 7) is 6.21. The van der Waals surface area contributed by atoms with Crippen molar-refractivity contribution < 1.29 is 14.3 Å². The van der Waals surface area contributed by atoms with E-state index in [1.54, 1.807) is 24.5 Å². The zero-order valence-corrected chi connectivity index (χ0v) is 16.3. The fourth-order valence-corrected chi connectivity index (χ4v) is 4.25. The molecule has 2 fully saturated rings. The Labute approximate surface area is 165 Å².